The van der Waals surface area contributed by atoms with Crippen molar-refractivity contribution in [3.63, 3.8) is 0 Å². The van der Waals surface area contributed by atoms with Crippen LogP contribution in [0.2, 0.25) is 0 Å². The van der Waals surface area contributed by atoms with Crippen molar-refractivity contribution < 1.29 is 28.5 Å². The van der Waals surface area contributed by atoms with E-state index in [2.05, 4.69) is 4.98 Å². The molecule has 8 heteroatoms. The van der Waals surface area contributed by atoms with Gasteiger partial charge in [0.2, 0.25) is 0 Å². The molecule has 0 aliphatic rings. The van der Waals surface area contributed by atoms with Crippen molar-refractivity contribution in [1.29, 1.82) is 0 Å². The first-order valence-corrected chi connectivity index (χ1v) is 5.62. The Kier molecular flexibility index (Phi) is 4.28. The number of alkyl halides is 3. The van der Waals surface area contributed by atoms with Crippen LogP contribution in [0, 0.1) is 0 Å². The van der Waals surface area contributed by atoms with E-state index in [0.717, 1.165) is 23.5 Å². The maximum atomic E-state index is 12.3. The third kappa shape index (κ3) is 3.30. The van der Waals surface area contributed by atoms with Crippen molar-refractivity contribution in [1.82, 2.24) is 4.98 Å². The summed E-state index contributed by atoms with van der Waals surface area (Å²) in [5.41, 5.74) is -0.406. The third-order valence-corrected chi connectivity index (χ3v) is 3.07. The number of thiazole rings is 1. The molecular formula is C11H8F3NO3S. The van der Waals surface area contributed by atoms with Crippen molar-refractivity contribution in [3.05, 3.63) is 40.9 Å². The van der Waals surface area contributed by atoms with Crippen LogP contribution < -0.4 is 0 Å². The SMILES string of the molecule is O.O=C(O)c1csc(-c2ccc(C(F)(F)F)cc2)n1. The highest BCUT2D eigenvalue weighted by atomic mass is 32.1. The van der Waals surface area contributed by atoms with Gasteiger partial charge in [-0.05, 0) is 12.1 Å². The highest BCUT2D eigenvalue weighted by molar-refractivity contribution is 7.13. The smallest absolute Gasteiger partial charge is 0.416 e. The summed E-state index contributed by atoms with van der Waals surface area (Å²) in [6.45, 7) is 0. The summed E-state index contributed by atoms with van der Waals surface area (Å²) in [5.74, 6) is -1.16. The quantitative estimate of drug-likeness (QED) is 0.923. The Balaban J connectivity index is 0.00000180. The zero-order chi connectivity index (χ0) is 13.3. The topological polar surface area (TPSA) is 81.7 Å². The number of hydrogen-bond donors (Lipinski definition) is 1. The zero-order valence-electron chi connectivity index (χ0n) is 9.23. The second-order valence-electron chi connectivity index (χ2n) is 3.42. The van der Waals surface area contributed by atoms with E-state index in [1.807, 2.05) is 0 Å². The molecule has 19 heavy (non-hydrogen) atoms. The van der Waals surface area contributed by atoms with Gasteiger partial charge in [-0.15, -0.1) is 11.3 Å². The molecule has 102 valence electrons. The maximum absolute atomic E-state index is 12.3. The van der Waals surface area contributed by atoms with Crippen LogP contribution >= 0.6 is 11.3 Å². The van der Waals surface area contributed by atoms with Crippen LogP contribution in [0.15, 0.2) is 29.6 Å². The Morgan fingerprint density at radius 2 is 1.79 bits per heavy atom. The fourth-order valence-corrected chi connectivity index (χ4v) is 2.11. The van der Waals surface area contributed by atoms with Crippen molar-refractivity contribution in [2.45, 2.75) is 6.18 Å². The molecule has 0 spiro atoms. The van der Waals surface area contributed by atoms with Crippen molar-refractivity contribution in [2.75, 3.05) is 0 Å². The fourth-order valence-electron chi connectivity index (χ4n) is 1.31. The van der Waals surface area contributed by atoms with Crippen LogP contribution in [0.3, 0.4) is 0 Å². The summed E-state index contributed by atoms with van der Waals surface area (Å²) >= 11 is 1.07. The Labute approximate surface area is 109 Å². The highest BCUT2D eigenvalue weighted by Crippen LogP contribution is 2.31. The van der Waals surface area contributed by atoms with Gasteiger partial charge in [0.1, 0.15) is 5.01 Å². The van der Waals surface area contributed by atoms with Crippen LogP contribution in [0.1, 0.15) is 16.1 Å². The van der Waals surface area contributed by atoms with E-state index in [1.165, 1.54) is 17.5 Å². The second kappa shape index (κ2) is 5.37. The number of hydrogen-bond acceptors (Lipinski definition) is 3. The van der Waals surface area contributed by atoms with Crippen LogP contribution in [0.4, 0.5) is 13.2 Å². The molecule has 0 fully saturated rings. The highest BCUT2D eigenvalue weighted by Gasteiger charge is 2.30. The lowest BCUT2D eigenvalue weighted by molar-refractivity contribution is -0.137. The summed E-state index contributed by atoms with van der Waals surface area (Å²) in [4.78, 5) is 14.4. The maximum Gasteiger partial charge on any atom is 0.416 e. The number of rotatable bonds is 2. The van der Waals surface area contributed by atoms with E-state index in [-0.39, 0.29) is 11.2 Å². The predicted octanol–water partition coefficient (Wildman–Crippen LogP) is 2.70. The minimum absolute atomic E-state index is 0. The lowest BCUT2D eigenvalue weighted by Gasteiger charge is -2.06. The Hall–Kier alpha value is -1.93. The van der Waals surface area contributed by atoms with Crippen LogP contribution in [0.25, 0.3) is 10.6 Å². The average Bonchev–Trinajstić information content (AvgIpc) is 2.77. The minimum Gasteiger partial charge on any atom is -0.476 e. The summed E-state index contributed by atoms with van der Waals surface area (Å²) in [6.07, 6.45) is -4.38. The monoisotopic (exact) mass is 291 g/mol. The number of aromatic carboxylic acids is 1. The van der Waals surface area contributed by atoms with Crippen molar-refractivity contribution in [3.8, 4) is 10.6 Å². The normalized spacial score (nSPS) is 10.9. The van der Waals surface area contributed by atoms with E-state index in [9.17, 15) is 18.0 Å². The molecule has 0 aliphatic heterocycles. The number of carboxylic acids is 1. The van der Waals surface area contributed by atoms with Gasteiger partial charge in [0.15, 0.2) is 5.69 Å². The summed E-state index contributed by atoms with van der Waals surface area (Å²) < 4.78 is 37.0. The summed E-state index contributed by atoms with van der Waals surface area (Å²) in [5, 5.41) is 10.4. The molecule has 1 aromatic carbocycles. The van der Waals surface area contributed by atoms with Gasteiger partial charge < -0.3 is 10.6 Å². The Bertz CT molecular complexity index is 578. The third-order valence-electron chi connectivity index (χ3n) is 2.18. The second-order valence-corrected chi connectivity index (χ2v) is 4.28. The van der Waals surface area contributed by atoms with Gasteiger partial charge in [0.25, 0.3) is 0 Å². The molecule has 4 nitrogen and oxygen atoms in total. The zero-order valence-corrected chi connectivity index (χ0v) is 10.0. The van der Waals surface area contributed by atoms with Gasteiger partial charge in [0, 0.05) is 10.9 Å². The standard InChI is InChI=1S/C11H6F3NO2S.H2O/c12-11(13,14)7-3-1-6(2-4-7)9-15-8(5-18-9)10(16)17;/h1-5H,(H,16,17);1H2. The van der Waals surface area contributed by atoms with Gasteiger partial charge in [-0.25, -0.2) is 9.78 Å². The van der Waals surface area contributed by atoms with E-state index >= 15 is 0 Å². The van der Waals surface area contributed by atoms with Crippen LogP contribution in [-0.4, -0.2) is 21.5 Å². The van der Waals surface area contributed by atoms with Gasteiger partial charge in [-0.3, -0.25) is 0 Å². The molecule has 0 bridgehead atoms. The van der Waals surface area contributed by atoms with E-state index < -0.39 is 17.7 Å². The molecule has 1 aromatic heterocycles. The number of halogens is 3. The largest absolute Gasteiger partial charge is 0.476 e. The molecule has 0 saturated heterocycles. The molecule has 0 amide bonds. The molecule has 2 aromatic rings. The van der Waals surface area contributed by atoms with Crippen molar-refractivity contribution >= 4 is 17.3 Å². The number of carbonyl (C=O) groups is 1. The Morgan fingerprint density at radius 3 is 2.21 bits per heavy atom. The molecule has 0 atom stereocenters. The molecule has 2 rings (SSSR count). The molecule has 0 saturated carbocycles. The van der Waals surface area contributed by atoms with Crippen molar-refractivity contribution in [2.24, 2.45) is 0 Å². The van der Waals surface area contributed by atoms with Crippen LogP contribution in [-0.2, 0) is 6.18 Å². The first-order chi connectivity index (χ1) is 8.38. The minimum atomic E-state index is -4.38. The summed E-state index contributed by atoms with van der Waals surface area (Å²) in [7, 11) is 0. The molecular weight excluding hydrogens is 283 g/mol. The Morgan fingerprint density at radius 1 is 1.21 bits per heavy atom. The predicted molar refractivity (Wildman–Crippen MR) is 63.1 cm³/mol. The molecule has 3 N–H and O–H groups in total. The fraction of sp³-hybridized carbons (Fsp3) is 0.0909. The lowest BCUT2D eigenvalue weighted by Crippen LogP contribution is -2.04. The van der Waals surface area contributed by atoms with Crippen LogP contribution in [0.5, 0.6) is 0 Å². The van der Waals surface area contributed by atoms with E-state index in [4.69, 9.17) is 5.11 Å². The van der Waals surface area contributed by atoms with E-state index in [1.54, 1.807) is 0 Å². The molecule has 1 heterocycles. The number of carboxylic acid groups (broad SMARTS) is 1. The molecule has 0 aliphatic carbocycles. The number of nitrogens with zero attached hydrogens (tertiary/aromatic N) is 1. The van der Waals surface area contributed by atoms with Gasteiger partial charge >= 0.3 is 12.1 Å². The molecule has 0 radical (unpaired) electrons. The first kappa shape index (κ1) is 15.1. The molecule has 0 unspecified atom stereocenters. The van der Waals surface area contributed by atoms with E-state index in [0.29, 0.717) is 10.6 Å². The lowest BCUT2D eigenvalue weighted by atomic mass is 10.1. The average molecular weight is 291 g/mol. The number of aromatic nitrogens is 1. The van der Waals surface area contributed by atoms with Gasteiger partial charge in [-0.2, -0.15) is 13.2 Å². The number of benzene rings is 1. The summed E-state index contributed by atoms with van der Waals surface area (Å²) in [6, 6.07) is 4.43. The van der Waals surface area contributed by atoms with Gasteiger partial charge in [0.05, 0.1) is 5.56 Å². The van der Waals surface area contributed by atoms with Gasteiger partial charge in [-0.1, -0.05) is 12.1 Å². The first-order valence-electron chi connectivity index (χ1n) is 4.74.